The summed E-state index contributed by atoms with van der Waals surface area (Å²) in [6.45, 7) is 2.10. The van der Waals surface area contributed by atoms with Crippen molar-refractivity contribution in [3.63, 3.8) is 0 Å². The summed E-state index contributed by atoms with van der Waals surface area (Å²) in [7, 11) is 1.57. The van der Waals surface area contributed by atoms with Crippen molar-refractivity contribution in [2.75, 3.05) is 26.7 Å². The number of carbonyl (C=O) groups excluding carboxylic acids is 2. The van der Waals surface area contributed by atoms with Crippen LogP contribution in [0.5, 0.6) is 5.75 Å². The average molecular weight is 383 g/mol. The summed E-state index contributed by atoms with van der Waals surface area (Å²) in [5.74, 6) is 0.746. The summed E-state index contributed by atoms with van der Waals surface area (Å²) in [4.78, 5) is 26.0. The maximum atomic E-state index is 12.2. The van der Waals surface area contributed by atoms with E-state index in [2.05, 4.69) is 21.2 Å². The molecule has 1 aliphatic heterocycles. The molecule has 6 heteroatoms. The fourth-order valence-corrected chi connectivity index (χ4v) is 3.07. The monoisotopic (exact) mass is 382 g/mol. The molecule has 0 saturated carbocycles. The largest absolute Gasteiger partial charge is 0.497 e. The van der Waals surface area contributed by atoms with Crippen LogP contribution in [0.1, 0.15) is 42.5 Å². The molecule has 0 atom stereocenters. The zero-order valence-electron chi connectivity index (χ0n) is 13.4. The van der Waals surface area contributed by atoms with Gasteiger partial charge in [0.05, 0.1) is 12.7 Å². The van der Waals surface area contributed by atoms with Gasteiger partial charge in [0.2, 0.25) is 5.91 Å². The Morgan fingerprint density at radius 1 is 1.35 bits per heavy atom. The third kappa shape index (κ3) is 5.23. The number of amides is 2. The number of ether oxygens (including phenoxy) is 1. The number of nitrogens with zero attached hydrogens (tertiary/aromatic N) is 1. The molecule has 1 heterocycles. The van der Waals surface area contributed by atoms with E-state index in [0.717, 1.165) is 36.7 Å². The van der Waals surface area contributed by atoms with Gasteiger partial charge in [-0.15, -0.1) is 0 Å². The van der Waals surface area contributed by atoms with E-state index in [1.807, 2.05) is 4.90 Å². The highest BCUT2D eigenvalue weighted by molar-refractivity contribution is 9.10. The first-order chi connectivity index (χ1) is 11.1. The van der Waals surface area contributed by atoms with Gasteiger partial charge in [0, 0.05) is 30.5 Å². The molecule has 0 spiro atoms. The standard InChI is InChI=1S/C17H23BrN2O3/c1-23-13-7-8-15(18)14(12-13)17(22)19-9-5-11-20-10-4-2-3-6-16(20)21/h7-8,12H,2-6,9-11H2,1H3,(H,19,22). The maximum absolute atomic E-state index is 12.2. The van der Waals surface area contributed by atoms with Gasteiger partial charge in [-0.05, 0) is 53.4 Å². The van der Waals surface area contributed by atoms with Crippen molar-refractivity contribution in [3.8, 4) is 5.75 Å². The van der Waals surface area contributed by atoms with Crippen LogP contribution in [0.25, 0.3) is 0 Å². The van der Waals surface area contributed by atoms with Crippen LogP contribution in [0.15, 0.2) is 22.7 Å². The fourth-order valence-electron chi connectivity index (χ4n) is 2.65. The predicted octanol–water partition coefficient (Wildman–Crippen LogP) is 2.98. The molecule has 126 valence electrons. The minimum absolute atomic E-state index is 0.141. The van der Waals surface area contributed by atoms with Crippen LogP contribution in [-0.4, -0.2) is 43.5 Å². The number of likely N-dealkylation sites (tertiary alicyclic amines) is 1. The second-order valence-corrected chi connectivity index (χ2v) is 6.50. The Morgan fingerprint density at radius 2 is 2.17 bits per heavy atom. The number of hydrogen-bond acceptors (Lipinski definition) is 3. The van der Waals surface area contributed by atoms with E-state index < -0.39 is 0 Å². The molecule has 0 unspecified atom stereocenters. The van der Waals surface area contributed by atoms with Crippen LogP contribution in [0.3, 0.4) is 0 Å². The molecule has 1 aliphatic rings. The van der Waals surface area contributed by atoms with Crippen LogP contribution in [0, 0.1) is 0 Å². The highest BCUT2D eigenvalue weighted by Gasteiger charge is 2.16. The smallest absolute Gasteiger partial charge is 0.252 e. The fraction of sp³-hybridized carbons (Fsp3) is 0.529. The Morgan fingerprint density at radius 3 is 2.96 bits per heavy atom. The van der Waals surface area contributed by atoms with E-state index in [4.69, 9.17) is 4.74 Å². The molecule has 1 fully saturated rings. The Labute approximate surface area is 145 Å². The molecule has 23 heavy (non-hydrogen) atoms. The molecule has 0 bridgehead atoms. The van der Waals surface area contributed by atoms with Crippen molar-refractivity contribution in [3.05, 3.63) is 28.2 Å². The van der Waals surface area contributed by atoms with E-state index in [0.29, 0.717) is 30.8 Å². The summed E-state index contributed by atoms with van der Waals surface area (Å²) in [5, 5.41) is 2.90. The predicted molar refractivity (Wildman–Crippen MR) is 92.7 cm³/mol. The third-order valence-electron chi connectivity index (χ3n) is 3.98. The van der Waals surface area contributed by atoms with Crippen molar-refractivity contribution < 1.29 is 14.3 Å². The zero-order chi connectivity index (χ0) is 16.7. The lowest BCUT2D eigenvalue weighted by Crippen LogP contribution is -2.34. The van der Waals surface area contributed by atoms with Crippen molar-refractivity contribution in [1.82, 2.24) is 10.2 Å². The van der Waals surface area contributed by atoms with Gasteiger partial charge in [-0.1, -0.05) is 6.42 Å². The van der Waals surface area contributed by atoms with Crippen molar-refractivity contribution in [2.45, 2.75) is 32.1 Å². The van der Waals surface area contributed by atoms with Crippen LogP contribution in [-0.2, 0) is 4.79 Å². The molecule has 2 amide bonds. The van der Waals surface area contributed by atoms with E-state index in [1.54, 1.807) is 25.3 Å². The molecular formula is C17H23BrN2O3. The maximum Gasteiger partial charge on any atom is 0.252 e. The first kappa shape index (κ1) is 17.8. The average Bonchev–Trinajstić information content (AvgIpc) is 2.76. The number of halogens is 1. The highest BCUT2D eigenvalue weighted by Crippen LogP contribution is 2.22. The molecule has 5 nitrogen and oxygen atoms in total. The zero-order valence-corrected chi connectivity index (χ0v) is 15.0. The van der Waals surface area contributed by atoms with Gasteiger partial charge in [0.25, 0.3) is 5.91 Å². The van der Waals surface area contributed by atoms with E-state index >= 15 is 0 Å². The first-order valence-corrected chi connectivity index (χ1v) is 8.80. The van der Waals surface area contributed by atoms with Crippen LogP contribution in [0.4, 0.5) is 0 Å². The Kier molecular flexibility index (Phi) is 6.89. The quantitative estimate of drug-likeness (QED) is 0.769. The molecule has 1 N–H and O–H groups in total. The molecule has 1 aromatic carbocycles. The molecular weight excluding hydrogens is 360 g/mol. The number of hydrogen-bond donors (Lipinski definition) is 1. The summed E-state index contributed by atoms with van der Waals surface area (Å²) < 4.78 is 5.88. The molecule has 0 radical (unpaired) electrons. The van der Waals surface area contributed by atoms with E-state index in [1.165, 1.54) is 0 Å². The highest BCUT2D eigenvalue weighted by atomic mass is 79.9. The second-order valence-electron chi connectivity index (χ2n) is 5.65. The van der Waals surface area contributed by atoms with Gasteiger partial charge in [0.15, 0.2) is 0 Å². The minimum Gasteiger partial charge on any atom is -0.497 e. The number of methoxy groups -OCH3 is 1. The summed E-state index contributed by atoms with van der Waals surface area (Å²) in [5.41, 5.74) is 0.551. The van der Waals surface area contributed by atoms with Gasteiger partial charge in [0.1, 0.15) is 5.75 Å². The molecule has 0 aliphatic carbocycles. The van der Waals surface area contributed by atoms with Crippen LogP contribution in [0.2, 0.25) is 0 Å². The van der Waals surface area contributed by atoms with Crippen LogP contribution >= 0.6 is 15.9 Å². The van der Waals surface area contributed by atoms with Crippen LogP contribution < -0.4 is 10.1 Å². The number of benzene rings is 1. The Bertz CT molecular complexity index is 563. The molecule has 1 saturated heterocycles. The Hall–Kier alpha value is -1.56. The van der Waals surface area contributed by atoms with Gasteiger partial charge in [-0.2, -0.15) is 0 Å². The normalized spacial score (nSPS) is 15.2. The van der Waals surface area contributed by atoms with Gasteiger partial charge < -0.3 is 15.0 Å². The van der Waals surface area contributed by atoms with Crippen molar-refractivity contribution >= 4 is 27.7 Å². The van der Waals surface area contributed by atoms with E-state index in [-0.39, 0.29) is 11.8 Å². The summed E-state index contributed by atoms with van der Waals surface area (Å²) in [6.07, 6.45) is 4.62. The number of nitrogens with one attached hydrogen (secondary N) is 1. The summed E-state index contributed by atoms with van der Waals surface area (Å²) in [6, 6.07) is 5.30. The number of rotatable bonds is 6. The van der Waals surface area contributed by atoms with Crippen molar-refractivity contribution in [1.29, 1.82) is 0 Å². The molecule has 1 aromatic rings. The lowest BCUT2D eigenvalue weighted by Gasteiger charge is -2.20. The lowest BCUT2D eigenvalue weighted by atomic mass is 10.2. The van der Waals surface area contributed by atoms with Crippen molar-refractivity contribution in [2.24, 2.45) is 0 Å². The van der Waals surface area contributed by atoms with Gasteiger partial charge in [-0.3, -0.25) is 9.59 Å². The lowest BCUT2D eigenvalue weighted by molar-refractivity contribution is -0.130. The number of carbonyl (C=O) groups is 2. The second kappa shape index (κ2) is 8.91. The van der Waals surface area contributed by atoms with Gasteiger partial charge in [-0.25, -0.2) is 0 Å². The SMILES string of the molecule is COc1ccc(Br)c(C(=O)NCCCN2CCCCCC2=O)c1. The minimum atomic E-state index is -0.141. The summed E-state index contributed by atoms with van der Waals surface area (Å²) >= 11 is 3.38. The first-order valence-electron chi connectivity index (χ1n) is 8.01. The molecule has 0 aromatic heterocycles. The topological polar surface area (TPSA) is 58.6 Å². The Balaban J connectivity index is 1.79. The van der Waals surface area contributed by atoms with Gasteiger partial charge >= 0.3 is 0 Å². The third-order valence-corrected chi connectivity index (χ3v) is 4.67. The van der Waals surface area contributed by atoms with E-state index in [9.17, 15) is 9.59 Å². The molecule has 2 rings (SSSR count).